The van der Waals surface area contributed by atoms with Crippen LogP contribution >= 0.6 is 11.8 Å². The maximum absolute atomic E-state index is 12.4. The fourth-order valence-electron chi connectivity index (χ4n) is 2.06. The van der Waals surface area contributed by atoms with Gasteiger partial charge in [-0.2, -0.15) is 0 Å². The quantitative estimate of drug-likeness (QED) is 0.646. The third-order valence-corrected chi connectivity index (χ3v) is 4.96. The lowest BCUT2D eigenvalue weighted by Gasteiger charge is -2.13. The Bertz CT molecular complexity index is 648. The van der Waals surface area contributed by atoms with Gasteiger partial charge in [-0.3, -0.25) is 4.79 Å². The van der Waals surface area contributed by atoms with Crippen LogP contribution in [-0.2, 0) is 11.8 Å². The minimum absolute atomic E-state index is 0.143. The molecule has 6 nitrogen and oxygen atoms in total. The Balaban J connectivity index is 2.05. The van der Waals surface area contributed by atoms with Crippen LogP contribution in [0.3, 0.4) is 0 Å². The van der Waals surface area contributed by atoms with Crippen molar-refractivity contribution in [3.05, 3.63) is 29.8 Å². The van der Waals surface area contributed by atoms with Gasteiger partial charge in [0.15, 0.2) is 13.0 Å². The van der Waals surface area contributed by atoms with E-state index in [9.17, 15) is 9.90 Å². The van der Waals surface area contributed by atoms with E-state index < -0.39 is 11.2 Å². The van der Waals surface area contributed by atoms with Gasteiger partial charge in [-0.1, -0.05) is 37.6 Å². The van der Waals surface area contributed by atoms with Gasteiger partial charge in [-0.05, 0) is 41.8 Å². The summed E-state index contributed by atoms with van der Waals surface area (Å²) in [5.41, 5.74) is 1.97. The van der Waals surface area contributed by atoms with Gasteiger partial charge in [-0.25, -0.2) is 0 Å². The van der Waals surface area contributed by atoms with E-state index >= 15 is 0 Å². The maximum atomic E-state index is 12.4. The molecule has 2 aromatic rings. The highest BCUT2D eigenvalue weighted by Crippen LogP contribution is 2.28. The van der Waals surface area contributed by atoms with Gasteiger partial charge in [0, 0.05) is 5.69 Å². The highest BCUT2D eigenvalue weighted by molar-refractivity contribution is 8.00. The molecule has 23 heavy (non-hydrogen) atoms. The van der Waals surface area contributed by atoms with Gasteiger partial charge in [-0.15, -0.1) is 0 Å². The Morgan fingerprint density at radius 3 is 2.52 bits per heavy atom. The summed E-state index contributed by atoms with van der Waals surface area (Å²) in [6.45, 7) is 6.14. The third kappa shape index (κ3) is 4.25. The summed E-state index contributed by atoms with van der Waals surface area (Å²) in [6, 6.07) is 7.79. The predicted molar refractivity (Wildman–Crippen MR) is 86.2 cm³/mol. The molecule has 0 fully saturated rings. The van der Waals surface area contributed by atoms with E-state index in [1.54, 1.807) is 7.05 Å². The van der Waals surface area contributed by atoms with Crippen molar-refractivity contribution in [2.45, 2.75) is 43.4 Å². The molecule has 1 amide bonds. The van der Waals surface area contributed by atoms with Crippen molar-refractivity contribution in [2.24, 2.45) is 7.05 Å². The first-order valence-corrected chi connectivity index (χ1v) is 8.40. The molecule has 7 heteroatoms. The van der Waals surface area contributed by atoms with Gasteiger partial charge in [0.05, 0.1) is 10.5 Å². The number of thioether (sulfide) groups is 1. The lowest BCUT2D eigenvalue weighted by molar-refractivity contribution is -0.772. The molecule has 1 N–H and O–H groups in total. The van der Waals surface area contributed by atoms with Crippen LogP contribution in [0.5, 0.6) is 5.95 Å². The molecular weight excluding hydrogens is 314 g/mol. The second-order valence-corrected chi connectivity index (χ2v) is 6.76. The Morgan fingerprint density at radius 1 is 1.39 bits per heavy atom. The topological polar surface area (TPSA) is 82.1 Å². The van der Waals surface area contributed by atoms with Crippen molar-refractivity contribution in [2.75, 3.05) is 5.32 Å². The second-order valence-electron chi connectivity index (χ2n) is 5.57. The number of nitrogens with one attached hydrogen (secondary N) is 1. The number of carbonyl (C=O) groups excluding carboxylic acids is 1. The molecule has 0 aliphatic heterocycles. The molecule has 1 aromatic carbocycles. The zero-order valence-electron chi connectivity index (χ0n) is 13.7. The highest BCUT2D eigenvalue weighted by Gasteiger charge is 2.25. The van der Waals surface area contributed by atoms with Crippen molar-refractivity contribution in [3.63, 3.8) is 0 Å². The number of carbonyl (C=O) groups is 1. The Kier molecular flexibility index (Phi) is 5.65. The summed E-state index contributed by atoms with van der Waals surface area (Å²) in [6.07, 6.45) is 0.588. The predicted octanol–water partition coefficient (Wildman–Crippen LogP) is 2.21. The molecule has 0 aliphatic rings. The second kappa shape index (κ2) is 7.50. The number of benzene rings is 1. The Morgan fingerprint density at radius 2 is 2.04 bits per heavy atom. The van der Waals surface area contributed by atoms with Gasteiger partial charge >= 0.3 is 0 Å². The lowest BCUT2D eigenvalue weighted by atomic mass is 10.0. The Labute approximate surface area is 139 Å². The first-order chi connectivity index (χ1) is 10.9. The summed E-state index contributed by atoms with van der Waals surface area (Å²) in [7, 11) is 1.61. The van der Waals surface area contributed by atoms with Crippen LogP contribution in [-0.4, -0.2) is 16.4 Å². The first-order valence-electron chi connectivity index (χ1n) is 7.52. The number of aryl methyl sites for hydroxylation is 1. The van der Waals surface area contributed by atoms with Crippen LogP contribution in [0.4, 0.5) is 5.69 Å². The normalized spacial score (nSPS) is 12.4. The molecule has 0 radical (unpaired) electrons. The molecule has 1 unspecified atom stereocenters. The molecule has 124 valence electrons. The van der Waals surface area contributed by atoms with Crippen LogP contribution in [0.25, 0.3) is 0 Å². The summed E-state index contributed by atoms with van der Waals surface area (Å²) >= 11 is 1.17. The van der Waals surface area contributed by atoms with Gasteiger partial charge in [0.2, 0.25) is 5.91 Å². The first kappa shape index (κ1) is 17.3. The molecule has 1 aromatic heterocycles. The lowest BCUT2D eigenvalue weighted by Crippen LogP contribution is -2.34. The van der Waals surface area contributed by atoms with Crippen molar-refractivity contribution in [3.8, 4) is 5.95 Å². The van der Waals surface area contributed by atoms with Crippen molar-refractivity contribution >= 4 is 23.4 Å². The standard InChI is InChI=1S/C16H21N3O3S/c1-5-13(23-15-16(21)22-18-19(15)4)14(20)17-12-8-6-11(7-9-12)10(2)3/h6-10,13H,5H2,1-4H3,(H-,17,18,20,21). The number of hydrogen-bond donors (Lipinski definition) is 1. The smallest absolute Gasteiger partial charge is 0.291 e. The molecule has 0 saturated heterocycles. The van der Waals surface area contributed by atoms with Crippen molar-refractivity contribution in [1.82, 2.24) is 5.27 Å². The van der Waals surface area contributed by atoms with Crippen molar-refractivity contribution < 1.29 is 19.1 Å². The molecule has 0 saturated carbocycles. The molecule has 0 bridgehead atoms. The third-order valence-electron chi connectivity index (χ3n) is 3.48. The van der Waals surface area contributed by atoms with E-state index in [4.69, 9.17) is 0 Å². The average Bonchev–Trinajstić information content (AvgIpc) is 2.84. The SMILES string of the molecule is CCC(Sc1c([O-])on[n+]1C)C(=O)Nc1ccc(C(C)C)cc1. The van der Waals surface area contributed by atoms with E-state index in [0.29, 0.717) is 17.4 Å². The molecule has 0 spiro atoms. The number of anilines is 1. The fourth-order valence-corrected chi connectivity index (χ4v) is 2.98. The number of rotatable bonds is 6. The summed E-state index contributed by atoms with van der Waals surface area (Å²) in [4.78, 5) is 12.4. The van der Waals surface area contributed by atoms with E-state index in [1.807, 2.05) is 31.2 Å². The molecular formula is C16H21N3O3S. The maximum Gasteiger partial charge on any atom is 0.291 e. The molecule has 2 rings (SSSR count). The van der Waals surface area contributed by atoms with Gasteiger partial charge < -0.3 is 14.9 Å². The van der Waals surface area contributed by atoms with Crippen LogP contribution in [0.2, 0.25) is 0 Å². The van der Waals surface area contributed by atoms with E-state index in [1.165, 1.54) is 22.0 Å². The van der Waals surface area contributed by atoms with Crippen molar-refractivity contribution in [1.29, 1.82) is 0 Å². The molecule has 0 aliphatic carbocycles. The Hall–Kier alpha value is -2.02. The van der Waals surface area contributed by atoms with Gasteiger partial charge in [0.1, 0.15) is 0 Å². The van der Waals surface area contributed by atoms with Gasteiger partial charge in [0.25, 0.3) is 5.03 Å². The number of amides is 1. The minimum Gasteiger partial charge on any atom is -0.538 e. The van der Waals surface area contributed by atoms with Crippen LogP contribution < -0.4 is 15.1 Å². The summed E-state index contributed by atoms with van der Waals surface area (Å²) in [5, 5.41) is 17.9. The van der Waals surface area contributed by atoms with Crippen LogP contribution in [0.1, 0.15) is 38.7 Å². The average molecular weight is 335 g/mol. The van der Waals surface area contributed by atoms with Crippen LogP contribution in [0.15, 0.2) is 33.8 Å². The summed E-state index contributed by atoms with van der Waals surface area (Å²) in [5.74, 6) is -0.219. The fraction of sp³-hybridized carbons (Fsp3) is 0.438. The monoisotopic (exact) mass is 335 g/mol. The largest absolute Gasteiger partial charge is 0.538 e. The van der Waals surface area contributed by atoms with E-state index in [0.717, 1.165) is 5.69 Å². The summed E-state index contributed by atoms with van der Waals surface area (Å²) < 4.78 is 5.93. The number of nitrogens with zero attached hydrogens (tertiary/aromatic N) is 2. The zero-order chi connectivity index (χ0) is 17.0. The number of aromatic nitrogens is 2. The minimum atomic E-state index is -0.523. The van der Waals surface area contributed by atoms with E-state index in [-0.39, 0.29) is 5.91 Å². The highest BCUT2D eigenvalue weighted by atomic mass is 32.2. The zero-order valence-corrected chi connectivity index (χ0v) is 14.5. The van der Waals surface area contributed by atoms with E-state index in [2.05, 4.69) is 29.0 Å². The molecule has 1 atom stereocenters. The molecule has 1 heterocycles. The van der Waals surface area contributed by atoms with Crippen LogP contribution in [0, 0.1) is 0 Å². The number of hydrogen-bond acceptors (Lipinski definition) is 5.